The van der Waals surface area contributed by atoms with Crippen molar-refractivity contribution in [1.82, 2.24) is 0 Å². The van der Waals surface area contributed by atoms with Crippen LogP contribution in [0.25, 0.3) is 11.0 Å². The second-order valence-corrected chi connectivity index (χ2v) is 4.59. The van der Waals surface area contributed by atoms with E-state index in [1.54, 1.807) is 0 Å². The number of halogens is 1. The lowest BCUT2D eigenvalue weighted by Crippen LogP contribution is -2.11. The third kappa shape index (κ3) is 3.32. The van der Waals surface area contributed by atoms with Gasteiger partial charge in [0.15, 0.2) is 11.5 Å². The highest BCUT2D eigenvalue weighted by molar-refractivity contribution is 6.67. The average molecular weight is 325 g/mol. The normalized spacial score (nSPS) is 10.3. The van der Waals surface area contributed by atoms with Crippen molar-refractivity contribution in [2.75, 3.05) is 0 Å². The van der Waals surface area contributed by atoms with Gasteiger partial charge in [-0.05, 0) is 23.7 Å². The van der Waals surface area contributed by atoms with E-state index in [0.717, 1.165) is 6.92 Å². The number of hydrogen-bond donors (Lipinski definition) is 0. The molecule has 0 bridgehead atoms. The van der Waals surface area contributed by atoms with Crippen LogP contribution in [0.4, 0.5) is 0 Å². The van der Waals surface area contributed by atoms with Gasteiger partial charge in [0.2, 0.25) is 0 Å². The Kier molecular flexibility index (Phi) is 4.27. The fourth-order valence-corrected chi connectivity index (χ4v) is 1.87. The first-order valence-corrected chi connectivity index (χ1v) is 6.34. The lowest BCUT2D eigenvalue weighted by molar-refractivity contribution is -0.134. The molecule has 1 heterocycles. The van der Waals surface area contributed by atoms with Gasteiger partial charge in [-0.25, -0.2) is 4.79 Å². The van der Waals surface area contributed by atoms with Crippen LogP contribution in [-0.2, 0) is 9.59 Å². The maximum atomic E-state index is 11.6. The first-order chi connectivity index (χ1) is 10.3. The summed E-state index contributed by atoms with van der Waals surface area (Å²) < 4.78 is 14.8. The van der Waals surface area contributed by atoms with Gasteiger partial charge in [-0.3, -0.25) is 14.4 Å². The van der Waals surface area contributed by atoms with Crippen LogP contribution in [-0.4, -0.2) is 17.2 Å². The van der Waals surface area contributed by atoms with Crippen molar-refractivity contribution in [2.45, 2.75) is 13.8 Å². The molecule has 22 heavy (non-hydrogen) atoms. The summed E-state index contributed by atoms with van der Waals surface area (Å²) in [6.45, 7) is 2.33. The first kappa shape index (κ1) is 15.7. The molecule has 0 saturated heterocycles. The summed E-state index contributed by atoms with van der Waals surface area (Å²) in [6.07, 6.45) is 0. The number of carbonyl (C=O) groups is 3. The highest BCUT2D eigenvalue weighted by atomic mass is 35.5. The molecule has 1 aromatic carbocycles. The van der Waals surface area contributed by atoms with Crippen LogP contribution >= 0.6 is 11.6 Å². The van der Waals surface area contributed by atoms with Crippen molar-refractivity contribution in [2.24, 2.45) is 0 Å². The molecule has 0 atom stereocenters. The molecule has 0 fully saturated rings. The molecule has 0 saturated carbocycles. The molecular formula is C14H9ClO7. The quantitative estimate of drug-likeness (QED) is 0.368. The Hall–Kier alpha value is -2.67. The minimum Gasteiger partial charge on any atom is -0.423 e. The number of benzene rings is 1. The number of ether oxygens (including phenoxy) is 2. The zero-order valence-electron chi connectivity index (χ0n) is 11.5. The van der Waals surface area contributed by atoms with Crippen molar-refractivity contribution in [3.8, 4) is 11.5 Å². The first-order valence-electron chi connectivity index (χ1n) is 5.96. The monoisotopic (exact) mass is 324 g/mol. The van der Waals surface area contributed by atoms with Crippen LogP contribution in [0.3, 0.4) is 0 Å². The van der Waals surface area contributed by atoms with Gasteiger partial charge in [-0.2, -0.15) is 0 Å². The predicted octanol–water partition coefficient (Wildman–Crippen LogP) is 2.02. The second kappa shape index (κ2) is 5.98. The van der Waals surface area contributed by atoms with Gasteiger partial charge in [0.1, 0.15) is 11.1 Å². The van der Waals surface area contributed by atoms with E-state index < -0.39 is 22.8 Å². The zero-order chi connectivity index (χ0) is 16.4. The van der Waals surface area contributed by atoms with Crippen molar-refractivity contribution in [3.63, 3.8) is 0 Å². The highest BCUT2D eigenvalue weighted by Gasteiger charge is 2.16. The van der Waals surface area contributed by atoms with E-state index in [-0.39, 0.29) is 28.0 Å². The number of carbonyl (C=O) groups excluding carboxylic acids is 3. The molecular weight excluding hydrogens is 316 g/mol. The Balaban J connectivity index is 2.70. The van der Waals surface area contributed by atoms with E-state index in [1.165, 1.54) is 25.1 Å². The molecule has 1 aromatic heterocycles. The third-order valence-electron chi connectivity index (χ3n) is 2.52. The summed E-state index contributed by atoms with van der Waals surface area (Å²) in [6, 6.07) is 3.70. The Morgan fingerprint density at radius 1 is 1.00 bits per heavy atom. The lowest BCUT2D eigenvalue weighted by atomic mass is 10.1. The minimum atomic E-state index is -0.978. The summed E-state index contributed by atoms with van der Waals surface area (Å²) in [4.78, 5) is 44.9. The summed E-state index contributed by atoms with van der Waals surface area (Å²) in [5.41, 5.74) is -1.25. The summed E-state index contributed by atoms with van der Waals surface area (Å²) >= 11 is 5.28. The van der Waals surface area contributed by atoms with Gasteiger partial charge in [0.25, 0.3) is 5.24 Å². The Morgan fingerprint density at radius 2 is 1.55 bits per heavy atom. The van der Waals surface area contributed by atoms with Gasteiger partial charge in [-0.15, -0.1) is 0 Å². The van der Waals surface area contributed by atoms with Gasteiger partial charge in [-0.1, -0.05) is 0 Å². The Labute approximate surface area is 128 Å². The fourth-order valence-electron chi connectivity index (χ4n) is 1.73. The fraction of sp³-hybridized carbons (Fsp3) is 0.143. The molecule has 8 heteroatoms. The lowest BCUT2D eigenvalue weighted by Gasteiger charge is -2.09. The number of esters is 2. The van der Waals surface area contributed by atoms with Crippen LogP contribution in [0.1, 0.15) is 24.2 Å². The van der Waals surface area contributed by atoms with Crippen molar-refractivity contribution < 1.29 is 28.3 Å². The van der Waals surface area contributed by atoms with Gasteiger partial charge < -0.3 is 13.9 Å². The molecule has 0 aliphatic heterocycles. The largest absolute Gasteiger partial charge is 0.423 e. The van der Waals surface area contributed by atoms with Crippen molar-refractivity contribution in [3.05, 3.63) is 34.2 Å². The summed E-state index contributed by atoms with van der Waals surface area (Å²) in [5.74, 6) is -1.44. The zero-order valence-corrected chi connectivity index (χ0v) is 12.2. The molecule has 0 spiro atoms. The average Bonchev–Trinajstić information content (AvgIpc) is 2.37. The molecule has 0 unspecified atom stereocenters. The Morgan fingerprint density at radius 3 is 2.05 bits per heavy atom. The highest BCUT2D eigenvalue weighted by Crippen LogP contribution is 2.33. The van der Waals surface area contributed by atoms with Crippen LogP contribution in [0.15, 0.2) is 27.4 Å². The second-order valence-electron chi connectivity index (χ2n) is 4.25. The molecule has 0 aliphatic rings. The van der Waals surface area contributed by atoms with Crippen molar-refractivity contribution in [1.29, 1.82) is 0 Å². The van der Waals surface area contributed by atoms with Gasteiger partial charge >= 0.3 is 17.6 Å². The maximum Gasteiger partial charge on any atom is 0.348 e. The van der Waals surface area contributed by atoms with E-state index in [9.17, 15) is 19.2 Å². The van der Waals surface area contributed by atoms with Crippen LogP contribution < -0.4 is 15.1 Å². The van der Waals surface area contributed by atoms with E-state index in [1.807, 2.05) is 0 Å². The molecule has 7 nitrogen and oxygen atoms in total. The van der Waals surface area contributed by atoms with Crippen LogP contribution in [0, 0.1) is 0 Å². The molecule has 0 aliphatic carbocycles. The van der Waals surface area contributed by atoms with Crippen molar-refractivity contribution >= 4 is 39.8 Å². The topological polar surface area (TPSA) is 99.9 Å². The number of fused-ring (bicyclic) bond motifs is 1. The maximum absolute atomic E-state index is 11.6. The standard InChI is InChI=1S/C14H9ClO7/c1-6(16)20-11-4-8-3-9(13(15)18)14(19)22-10(8)5-12(11)21-7(2)17/h3-5H,1-2H3. The molecule has 0 N–H and O–H groups in total. The molecule has 0 amide bonds. The third-order valence-corrected chi connectivity index (χ3v) is 2.72. The number of rotatable bonds is 3. The van der Waals surface area contributed by atoms with E-state index >= 15 is 0 Å². The molecule has 114 valence electrons. The van der Waals surface area contributed by atoms with E-state index in [4.69, 9.17) is 25.5 Å². The summed E-state index contributed by atoms with van der Waals surface area (Å²) in [5, 5.41) is -0.704. The molecule has 0 radical (unpaired) electrons. The summed E-state index contributed by atoms with van der Waals surface area (Å²) in [7, 11) is 0. The Bertz CT molecular complexity index is 850. The minimum absolute atomic E-state index is 0.0406. The van der Waals surface area contributed by atoms with Crippen LogP contribution in [0.5, 0.6) is 11.5 Å². The van der Waals surface area contributed by atoms with E-state index in [0.29, 0.717) is 0 Å². The van der Waals surface area contributed by atoms with Crippen LogP contribution in [0.2, 0.25) is 0 Å². The van der Waals surface area contributed by atoms with Gasteiger partial charge in [0.05, 0.1) is 0 Å². The smallest absolute Gasteiger partial charge is 0.348 e. The predicted molar refractivity (Wildman–Crippen MR) is 75.3 cm³/mol. The van der Waals surface area contributed by atoms with Gasteiger partial charge in [0, 0.05) is 25.3 Å². The van der Waals surface area contributed by atoms with E-state index in [2.05, 4.69) is 0 Å². The SMILES string of the molecule is CC(=O)Oc1cc2cc(C(=O)Cl)c(=O)oc2cc1OC(C)=O. The molecule has 2 rings (SSSR count). The molecule has 2 aromatic rings. The number of hydrogen-bond acceptors (Lipinski definition) is 7.